The molecule has 2 rings (SSSR count). The highest BCUT2D eigenvalue weighted by Gasteiger charge is 2.71. The topological polar surface area (TPSA) is 20.2 Å². The predicted molar refractivity (Wildman–Crippen MR) is 54.2 cm³/mol. The molecule has 0 spiro atoms. The molecule has 2 saturated heterocycles. The molecule has 1 N–H and O–H groups in total. The zero-order valence-corrected chi connectivity index (χ0v) is 10.0. The number of aliphatic hydroxyl groups is 1. The molecule has 0 saturated carbocycles. The molecule has 2 aliphatic heterocycles. The van der Waals surface area contributed by atoms with Crippen molar-refractivity contribution >= 4 is 11.8 Å². The van der Waals surface area contributed by atoms with Crippen LogP contribution in [-0.2, 0) is 0 Å². The third kappa shape index (κ3) is 2.21. The normalized spacial score (nSPS) is 33.2. The van der Waals surface area contributed by atoms with E-state index in [0.717, 1.165) is 6.42 Å². The van der Waals surface area contributed by atoms with Gasteiger partial charge in [0.1, 0.15) is 0 Å². The van der Waals surface area contributed by atoms with Crippen molar-refractivity contribution in [3.05, 3.63) is 0 Å². The highest BCUT2D eigenvalue weighted by molar-refractivity contribution is 8.01. The van der Waals surface area contributed by atoms with Crippen LogP contribution in [0.4, 0.5) is 26.3 Å². The summed E-state index contributed by atoms with van der Waals surface area (Å²) in [7, 11) is 0. The van der Waals surface area contributed by atoms with E-state index in [0.29, 0.717) is 12.8 Å². The zero-order valence-electron chi connectivity index (χ0n) is 9.18. The van der Waals surface area contributed by atoms with Gasteiger partial charge in [-0.15, -0.1) is 0 Å². The molecule has 2 heterocycles. The van der Waals surface area contributed by atoms with Crippen molar-refractivity contribution in [2.45, 2.75) is 54.1 Å². The van der Waals surface area contributed by atoms with Gasteiger partial charge in [-0.3, -0.25) is 0 Å². The van der Waals surface area contributed by atoms with Gasteiger partial charge in [-0.2, -0.15) is 38.1 Å². The van der Waals surface area contributed by atoms with Gasteiger partial charge in [0.2, 0.25) is 0 Å². The number of halogens is 6. The smallest absolute Gasteiger partial charge is 0.374 e. The summed E-state index contributed by atoms with van der Waals surface area (Å²) < 4.78 is 75.1. The Hall–Kier alpha value is -0.110. The molecule has 2 aliphatic rings. The van der Waals surface area contributed by atoms with Crippen molar-refractivity contribution in [2.75, 3.05) is 0 Å². The Balaban J connectivity index is 2.17. The first kappa shape index (κ1) is 14.3. The molecular formula is C10H12F6OS. The van der Waals surface area contributed by atoms with Gasteiger partial charge in [0.15, 0.2) is 0 Å². The van der Waals surface area contributed by atoms with Crippen LogP contribution in [0.3, 0.4) is 0 Å². The summed E-state index contributed by atoms with van der Waals surface area (Å²) in [5.41, 5.74) is -4.57. The number of rotatable bonds is 2. The molecule has 0 aromatic heterocycles. The van der Waals surface area contributed by atoms with Crippen LogP contribution in [0.2, 0.25) is 0 Å². The second-order valence-electron chi connectivity index (χ2n) is 4.93. The van der Waals surface area contributed by atoms with E-state index in [9.17, 15) is 26.3 Å². The van der Waals surface area contributed by atoms with E-state index in [1.165, 1.54) is 11.8 Å². The molecule has 0 amide bonds. The van der Waals surface area contributed by atoms with E-state index in [1.807, 2.05) is 0 Å². The van der Waals surface area contributed by atoms with Crippen LogP contribution >= 0.6 is 11.8 Å². The van der Waals surface area contributed by atoms with E-state index >= 15 is 0 Å². The maximum Gasteiger partial charge on any atom is 0.426 e. The standard InChI is InChI=1S/C10H12F6OS/c11-9(12,13)8(17,10(14,15)16)4-5-3-6-1-2-7(5)18-6/h5-7,17H,1-4H2. The van der Waals surface area contributed by atoms with Crippen molar-refractivity contribution < 1.29 is 31.4 Å². The van der Waals surface area contributed by atoms with Gasteiger partial charge < -0.3 is 5.11 Å². The Morgan fingerprint density at radius 2 is 1.56 bits per heavy atom. The largest absolute Gasteiger partial charge is 0.426 e. The number of alkyl halides is 6. The minimum absolute atomic E-state index is 0.158. The average molecular weight is 294 g/mol. The first-order valence-electron chi connectivity index (χ1n) is 5.56. The van der Waals surface area contributed by atoms with E-state index in [-0.39, 0.29) is 10.5 Å². The second-order valence-corrected chi connectivity index (χ2v) is 6.47. The van der Waals surface area contributed by atoms with Crippen molar-refractivity contribution in [3.63, 3.8) is 0 Å². The molecule has 2 bridgehead atoms. The van der Waals surface area contributed by atoms with Gasteiger partial charge in [-0.1, -0.05) is 0 Å². The molecule has 0 aliphatic carbocycles. The van der Waals surface area contributed by atoms with Crippen molar-refractivity contribution in [1.29, 1.82) is 0 Å². The van der Waals surface area contributed by atoms with Crippen LogP contribution in [0.25, 0.3) is 0 Å². The summed E-state index contributed by atoms with van der Waals surface area (Å²) in [6.07, 6.45) is -10.8. The molecule has 3 atom stereocenters. The Labute approximate surface area is 104 Å². The lowest BCUT2D eigenvalue weighted by Crippen LogP contribution is -2.58. The quantitative estimate of drug-likeness (QED) is 0.786. The summed E-state index contributed by atoms with van der Waals surface area (Å²) in [5, 5.41) is 9.10. The number of hydrogen-bond donors (Lipinski definition) is 1. The fourth-order valence-corrected chi connectivity index (χ4v) is 4.56. The molecular weight excluding hydrogens is 282 g/mol. The Morgan fingerprint density at radius 1 is 1.00 bits per heavy atom. The molecule has 8 heteroatoms. The fourth-order valence-electron chi connectivity index (χ4n) is 2.73. The monoisotopic (exact) mass is 294 g/mol. The van der Waals surface area contributed by atoms with E-state index < -0.39 is 30.3 Å². The molecule has 0 aromatic rings. The van der Waals surface area contributed by atoms with E-state index in [1.54, 1.807) is 0 Å². The van der Waals surface area contributed by atoms with Crippen LogP contribution in [0.15, 0.2) is 0 Å². The summed E-state index contributed by atoms with van der Waals surface area (Å²) in [5.74, 6) is -0.706. The molecule has 0 radical (unpaired) electrons. The van der Waals surface area contributed by atoms with Crippen LogP contribution < -0.4 is 0 Å². The number of hydrogen-bond acceptors (Lipinski definition) is 2. The minimum atomic E-state index is -5.68. The highest BCUT2D eigenvalue weighted by Crippen LogP contribution is 2.55. The zero-order chi connectivity index (χ0) is 13.8. The van der Waals surface area contributed by atoms with Gasteiger partial charge >= 0.3 is 12.4 Å². The van der Waals surface area contributed by atoms with Gasteiger partial charge in [-0.05, 0) is 31.6 Å². The van der Waals surface area contributed by atoms with Crippen molar-refractivity contribution in [3.8, 4) is 0 Å². The van der Waals surface area contributed by atoms with Crippen LogP contribution in [-0.4, -0.2) is 33.6 Å². The third-order valence-electron chi connectivity index (χ3n) is 3.73. The lowest BCUT2D eigenvalue weighted by Gasteiger charge is -2.36. The van der Waals surface area contributed by atoms with Gasteiger partial charge in [0, 0.05) is 10.5 Å². The molecule has 2 fully saturated rings. The fraction of sp³-hybridized carbons (Fsp3) is 1.00. The number of thioether (sulfide) groups is 1. The summed E-state index contributed by atoms with van der Waals surface area (Å²) in [6.45, 7) is 0. The predicted octanol–water partition coefficient (Wildman–Crippen LogP) is 3.52. The van der Waals surface area contributed by atoms with Crippen molar-refractivity contribution in [1.82, 2.24) is 0 Å². The first-order chi connectivity index (χ1) is 8.04. The molecule has 106 valence electrons. The third-order valence-corrected chi connectivity index (χ3v) is 5.51. The Bertz CT molecular complexity index is 311. The highest BCUT2D eigenvalue weighted by atomic mass is 32.2. The Kier molecular flexibility index (Phi) is 3.33. The first-order valence-corrected chi connectivity index (χ1v) is 6.50. The molecule has 18 heavy (non-hydrogen) atoms. The lowest BCUT2D eigenvalue weighted by molar-refractivity contribution is -0.372. The second kappa shape index (κ2) is 4.19. The van der Waals surface area contributed by atoms with Gasteiger partial charge in [0.25, 0.3) is 5.60 Å². The Morgan fingerprint density at radius 3 is 1.89 bits per heavy atom. The van der Waals surface area contributed by atoms with Crippen LogP contribution in [0, 0.1) is 5.92 Å². The van der Waals surface area contributed by atoms with Gasteiger partial charge in [-0.25, -0.2) is 0 Å². The molecule has 1 nitrogen and oxygen atoms in total. The van der Waals surface area contributed by atoms with Crippen molar-refractivity contribution in [2.24, 2.45) is 5.92 Å². The summed E-state index contributed by atoms with van der Waals surface area (Å²) >= 11 is 1.46. The number of fused-ring (bicyclic) bond motifs is 2. The average Bonchev–Trinajstić information content (AvgIpc) is 2.75. The lowest BCUT2D eigenvalue weighted by atomic mass is 9.80. The van der Waals surface area contributed by atoms with Crippen LogP contribution in [0.1, 0.15) is 25.7 Å². The van der Waals surface area contributed by atoms with E-state index in [2.05, 4.69) is 0 Å². The maximum atomic E-state index is 12.5. The molecule has 3 unspecified atom stereocenters. The maximum absolute atomic E-state index is 12.5. The van der Waals surface area contributed by atoms with Gasteiger partial charge in [0.05, 0.1) is 0 Å². The van der Waals surface area contributed by atoms with E-state index in [4.69, 9.17) is 5.11 Å². The SMILES string of the molecule is OC(CC1CC2CCC1S2)(C(F)(F)F)C(F)(F)F. The van der Waals surface area contributed by atoms with Crippen LogP contribution in [0.5, 0.6) is 0 Å². The molecule has 0 aromatic carbocycles. The summed E-state index contributed by atoms with van der Waals surface area (Å²) in [4.78, 5) is 0. The summed E-state index contributed by atoms with van der Waals surface area (Å²) in [6, 6.07) is 0. The minimum Gasteiger partial charge on any atom is -0.374 e.